The molecule has 1 spiro atoms. The van der Waals surface area contributed by atoms with Crippen LogP contribution in [0.15, 0.2) is 11.6 Å². The van der Waals surface area contributed by atoms with E-state index in [-0.39, 0.29) is 22.7 Å². The predicted octanol–water partition coefficient (Wildman–Crippen LogP) is 3.68. The summed E-state index contributed by atoms with van der Waals surface area (Å²) < 4.78 is 18.1. The van der Waals surface area contributed by atoms with Gasteiger partial charge in [0.25, 0.3) is 0 Å². The second-order valence-corrected chi connectivity index (χ2v) is 9.94. The Hall–Kier alpha value is -0.420. The molecule has 7 atom stereocenters. The maximum atomic E-state index is 11.2. The summed E-state index contributed by atoms with van der Waals surface area (Å²) in [6.07, 6.45) is 9.95. The molecule has 26 heavy (non-hydrogen) atoms. The van der Waals surface area contributed by atoms with Crippen molar-refractivity contribution in [2.75, 3.05) is 20.3 Å². The molecule has 0 amide bonds. The minimum absolute atomic E-state index is 0.0388. The van der Waals surface area contributed by atoms with E-state index in [0.717, 1.165) is 45.3 Å². The van der Waals surface area contributed by atoms with Crippen molar-refractivity contribution in [2.45, 2.75) is 76.8 Å². The monoisotopic (exact) mass is 362 g/mol. The summed E-state index contributed by atoms with van der Waals surface area (Å²) >= 11 is 0. The molecule has 3 saturated carbocycles. The Morgan fingerprint density at radius 3 is 2.50 bits per heavy atom. The zero-order valence-corrected chi connectivity index (χ0v) is 16.5. The number of fused-ring (bicyclic) bond motifs is 6. The molecule has 4 heteroatoms. The van der Waals surface area contributed by atoms with Crippen LogP contribution in [-0.4, -0.2) is 43.4 Å². The summed E-state index contributed by atoms with van der Waals surface area (Å²) in [5.74, 6) is 1.02. The first-order valence-corrected chi connectivity index (χ1v) is 10.6. The minimum atomic E-state index is -0.388. The van der Waals surface area contributed by atoms with Gasteiger partial charge >= 0.3 is 0 Å². The Labute approximate surface area is 157 Å². The first-order valence-electron chi connectivity index (χ1n) is 10.6. The highest BCUT2D eigenvalue weighted by Gasteiger charge is 2.67. The molecular formula is C22H34O4. The van der Waals surface area contributed by atoms with E-state index < -0.39 is 0 Å². The predicted molar refractivity (Wildman–Crippen MR) is 98.5 cm³/mol. The van der Waals surface area contributed by atoms with Crippen LogP contribution in [0.25, 0.3) is 0 Å². The molecule has 0 bridgehead atoms. The Bertz CT molecular complexity index is 609. The quantitative estimate of drug-likeness (QED) is 0.723. The Kier molecular flexibility index (Phi) is 3.93. The summed E-state index contributed by atoms with van der Waals surface area (Å²) in [4.78, 5) is 0. The molecule has 1 aliphatic heterocycles. The highest BCUT2D eigenvalue weighted by molar-refractivity contribution is 5.28. The van der Waals surface area contributed by atoms with Gasteiger partial charge in [-0.05, 0) is 61.7 Å². The van der Waals surface area contributed by atoms with Crippen LogP contribution in [0, 0.1) is 28.6 Å². The summed E-state index contributed by atoms with van der Waals surface area (Å²) in [7, 11) is 1.82. The van der Waals surface area contributed by atoms with E-state index in [1.165, 1.54) is 18.4 Å². The molecule has 0 unspecified atom stereocenters. The Morgan fingerprint density at radius 1 is 1.04 bits per heavy atom. The highest BCUT2D eigenvalue weighted by atomic mass is 16.7. The van der Waals surface area contributed by atoms with Gasteiger partial charge in [-0.15, -0.1) is 0 Å². The number of hydrogen-bond acceptors (Lipinski definition) is 4. The third-order valence-electron chi connectivity index (χ3n) is 9.22. The zero-order chi connectivity index (χ0) is 18.2. The van der Waals surface area contributed by atoms with Gasteiger partial charge < -0.3 is 19.3 Å². The fraction of sp³-hybridized carbons (Fsp3) is 0.909. The average Bonchev–Trinajstić information content (AvgIpc) is 3.22. The lowest BCUT2D eigenvalue weighted by molar-refractivity contribution is -0.246. The van der Waals surface area contributed by atoms with E-state index in [4.69, 9.17) is 14.2 Å². The van der Waals surface area contributed by atoms with Crippen LogP contribution < -0.4 is 0 Å². The summed E-state index contributed by atoms with van der Waals surface area (Å²) in [6.45, 7) is 6.28. The molecule has 0 radical (unpaired) electrons. The van der Waals surface area contributed by atoms with E-state index in [1.54, 1.807) is 0 Å². The number of methoxy groups -OCH3 is 1. The van der Waals surface area contributed by atoms with E-state index in [0.29, 0.717) is 23.9 Å². The van der Waals surface area contributed by atoms with E-state index in [9.17, 15) is 5.11 Å². The average molecular weight is 363 g/mol. The normalized spacial score (nSPS) is 52.3. The molecule has 0 aromatic heterocycles. The van der Waals surface area contributed by atoms with Gasteiger partial charge in [0.1, 0.15) is 0 Å². The number of aliphatic hydroxyl groups is 1. The molecule has 5 rings (SSSR count). The van der Waals surface area contributed by atoms with Gasteiger partial charge in [0.15, 0.2) is 5.79 Å². The Morgan fingerprint density at radius 2 is 1.77 bits per heavy atom. The minimum Gasteiger partial charge on any atom is -0.389 e. The standard InChI is InChI=1S/C22H34O4/c1-20-7-4-15(24-3)12-14(20)13-18(23)19-16(20)5-8-21(2)17(19)6-9-22(21)25-10-11-26-22/h13,15-19,23H,4-12H2,1-3H3/t15-,16-,17-,18+,19+,20-,21-/m0/s1. The van der Waals surface area contributed by atoms with Gasteiger partial charge in [-0.3, -0.25) is 0 Å². The van der Waals surface area contributed by atoms with Gasteiger partial charge in [0, 0.05) is 18.9 Å². The number of aliphatic hydroxyl groups excluding tert-OH is 1. The third-order valence-corrected chi connectivity index (χ3v) is 9.22. The molecule has 5 aliphatic rings. The summed E-state index contributed by atoms with van der Waals surface area (Å²) in [5.41, 5.74) is 1.72. The van der Waals surface area contributed by atoms with Crippen molar-refractivity contribution >= 4 is 0 Å². The molecule has 0 aromatic rings. The van der Waals surface area contributed by atoms with Crippen molar-refractivity contribution in [1.29, 1.82) is 0 Å². The molecule has 1 N–H and O–H groups in total. The second kappa shape index (κ2) is 5.79. The van der Waals surface area contributed by atoms with Gasteiger partial charge in [0.05, 0.1) is 25.4 Å². The highest BCUT2D eigenvalue weighted by Crippen LogP contribution is 2.68. The third kappa shape index (κ3) is 2.10. The van der Waals surface area contributed by atoms with Crippen molar-refractivity contribution in [3.8, 4) is 0 Å². The fourth-order valence-corrected chi connectivity index (χ4v) is 7.70. The van der Waals surface area contributed by atoms with Gasteiger partial charge in [0.2, 0.25) is 0 Å². The van der Waals surface area contributed by atoms with Gasteiger partial charge in [-0.1, -0.05) is 25.5 Å². The summed E-state index contributed by atoms with van der Waals surface area (Å²) in [5, 5.41) is 11.2. The lowest BCUT2D eigenvalue weighted by atomic mass is 9.47. The molecule has 1 heterocycles. The SMILES string of the molecule is CO[C@H]1CC[C@@]2(C)C(=C[C@@H](O)[C@@H]3[C@@H]2CC[C@@]2(C)[C@H]3CCC23OCCO3)C1. The van der Waals surface area contributed by atoms with Crippen LogP contribution in [0.2, 0.25) is 0 Å². The van der Waals surface area contributed by atoms with Gasteiger partial charge in [-0.2, -0.15) is 0 Å². The van der Waals surface area contributed by atoms with Crippen LogP contribution in [0.1, 0.15) is 58.8 Å². The van der Waals surface area contributed by atoms with Crippen LogP contribution >= 0.6 is 0 Å². The fourth-order valence-electron chi connectivity index (χ4n) is 7.70. The lowest BCUT2D eigenvalue weighted by Gasteiger charge is -2.59. The van der Waals surface area contributed by atoms with Crippen molar-refractivity contribution in [3.63, 3.8) is 0 Å². The first-order chi connectivity index (χ1) is 12.4. The lowest BCUT2D eigenvalue weighted by Crippen LogP contribution is -2.58. The number of ether oxygens (including phenoxy) is 3. The van der Waals surface area contributed by atoms with Crippen LogP contribution in [0.4, 0.5) is 0 Å². The van der Waals surface area contributed by atoms with E-state index in [2.05, 4.69) is 19.9 Å². The first kappa shape index (κ1) is 17.7. The van der Waals surface area contributed by atoms with Crippen molar-refractivity contribution < 1.29 is 19.3 Å². The topological polar surface area (TPSA) is 47.9 Å². The zero-order valence-electron chi connectivity index (χ0n) is 16.5. The molecule has 4 fully saturated rings. The molecular weight excluding hydrogens is 328 g/mol. The van der Waals surface area contributed by atoms with E-state index in [1.807, 2.05) is 7.11 Å². The number of rotatable bonds is 1. The second-order valence-electron chi connectivity index (χ2n) is 9.94. The van der Waals surface area contributed by atoms with Crippen LogP contribution in [-0.2, 0) is 14.2 Å². The molecule has 1 saturated heterocycles. The van der Waals surface area contributed by atoms with E-state index >= 15 is 0 Å². The van der Waals surface area contributed by atoms with Crippen molar-refractivity contribution in [1.82, 2.24) is 0 Å². The maximum absolute atomic E-state index is 11.2. The molecule has 4 aliphatic carbocycles. The largest absolute Gasteiger partial charge is 0.389 e. The van der Waals surface area contributed by atoms with Crippen LogP contribution in [0.5, 0.6) is 0 Å². The van der Waals surface area contributed by atoms with Crippen molar-refractivity contribution in [2.24, 2.45) is 28.6 Å². The van der Waals surface area contributed by atoms with Gasteiger partial charge in [-0.25, -0.2) is 0 Å². The molecule has 4 nitrogen and oxygen atoms in total. The molecule has 0 aromatic carbocycles. The smallest absolute Gasteiger partial charge is 0.174 e. The number of hydrogen-bond donors (Lipinski definition) is 1. The van der Waals surface area contributed by atoms with Crippen molar-refractivity contribution in [3.05, 3.63) is 11.6 Å². The maximum Gasteiger partial charge on any atom is 0.174 e. The summed E-state index contributed by atoms with van der Waals surface area (Å²) in [6, 6.07) is 0. The van der Waals surface area contributed by atoms with Crippen LogP contribution in [0.3, 0.4) is 0 Å². The Balaban J connectivity index is 1.50. The molecule has 146 valence electrons.